The molecule has 1 fully saturated rings. The number of hydrogen-bond donors (Lipinski definition) is 1. The molecule has 1 aliphatic rings. The molecule has 0 spiro atoms. The van der Waals surface area contributed by atoms with Crippen LogP contribution in [0.3, 0.4) is 0 Å². The number of carbonyl (C=O) groups excluding carboxylic acids is 2. The number of amides is 2. The molecular weight excluding hydrogens is 383 g/mol. The summed E-state index contributed by atoms with van der Waals surface area (Å²) in [7, 11) is 0. The van der Waals surface area contributed by atoms with Crippen molar-refractivity contribution in [2.75, 3.05) is 45.0 Å². The zero-order valence-electron chi connectivity index (χ0n) is 15.7. The molecular formula is C19H23FN4O3S. The Labute approximate surface area is 167 Å². The predicted molar refractivity (Wildman–Crippen MR) is 104 cm³/mol. The Kier molecular flexibility index (Phi) is 7.05. The Morgan fingerprint density at radius 3 is 2.57 bits per heavy atom. The SMILES string of the molecule is Cc1cc(C(=O)N2CCN(CCNC(=O)CSc3ccc(F)cc3)CC2)no1. The standard InChI is InChI=1S/C19H23FN4O3S/c1-14-12-17(22-27-14)19(26)24-10-8-23(9-11-24)7-6-21-18(25)13-28-16-4-2-15(20)3-5-16/h2-5,12H,6-11,13H2,1H3,(H,21,25). The molecule has 0 radical (unpaired) electrons. The third-order valence-corrected chi connectivity index (χ3v) is 5.45. The molecule has 0 unspecified atom stereocenters. The minimum absolute atomic E-state index is 0.0514. The summed E-state index contributed by atoms with van der Waals surface area (Å²) in [5.74, 6) is 0.472. The van der Waals surface area contributed by atoms with E-state index in [0.717, 1.165) is 24.5 Å². The molecule has 0 bridgehead atoms. The summed E-state index contributed by atoms with van der Waals surface area (Å²) in [6.45, 7) is 5.80. The third kappa shape index (κ3) is 5.80. The maximum absolute atomic E-state index is 12.9. The first-order chi connectivity index (χ1) is 13.5. The molecule has 1 aliphatic heterocycles. The summed E-state index contributed by atoms with van der Waals surface area (Å²) in [6.07, 6.45) is 0. The van der Waals surface area contributed by atoms with Crippen molar-refractivity contribution in [1.29, 1.82) is 0 Å². The first kappa shape index (κ1) is 20.3. The summed E-state index contributed by atoms with van der Waals surface area (Å²) >= 11 is 1.38. The first-order valence-corrected chi connectivity index (χ1v) is 10.1. The van der Waals surface area contributed by atoms with Gasteiger partial charge in [0.05, 0.1) is 5.75 Å². The number of halogens is 1. The number of rotatable bonds is 7. The van der Waals surface area contributed by atoms with Crippen molar-refractivity contribution in [2.45, 2.75) is 11.8 Å². The first-order valence-electron chi connectivity index (χ1n) is 9.11. The Balaban J connectivity index is 1.31. The second-order valence-corrected chi connectivity index (χ2v) is 7.60. The Bertz CT molecular complexity index is 804. The monoisotopic (exact) mass is 406 g/mol. The number of hydrogen-bond acceptors (Lipinski definition) is 6. The molecule has 1 N–H and O–H groups in total. The molecule has 1 aromatic heterocycles. The Morgan fingerprint density at radius 2 is 1.93 bits per heavy atom. The van der Waals surface area contributed by atoms with E-state index in [2.05, 4.69) is 15.4 Å². The van der Waals surface area contributed by atoms with Gasteiger partial charge in [-0.3, -0.25) is 14.5 Å². The number of aromatic nitrogens is 1. The van der Waals surface area contributed by atoms with E-state index in [1.807, 2.05) is 0 Å². The lowest BCUT2D eigenvalue weighted by atomic mass is 10.2. The van der Waals surface area contributed by atoms with Gasteiger partial charge in [0, 0.05) is 50.2 Å². The van der Waals surface area contributed by atoms with Crippen molar-refractivity contribution >= 4 is 23.6 Å². The molecule has 0 aliphatic carbocycles. The molecule has 2 amide bonds. The molecule has 3 rings (SSSR count). The van der Waals surface area contributed by atoms with E-state index in [0.29, 0.717) is 36.8 Å². The average Bonchev–Trinajstić information content (AvgIpc) is 3.14. The van der Waals surface area contributed by atoms with Crippen LogP contribution in [0.1, 0.15) is 16.2 Å². The van der Waals surface area contributed by atoms with Gasteiger partial charge in [-0.05, 0) is 31.2 Å². The largest absolute Gasteiger partial charge is 0.361 e. The molecule has 150 valence electrons. The fourth-order valence-corrected chi connectivity index (χ4v) is 3.62. The second kappa shape index (κ2) is 9.70. The topological polar surface area (TPSA) is 78.7 Å². The minimum atomic E-state index is -0.285. The van der Waals surface area contributed by atoms with Gasteiger partial charge in [-0.25, -0.2) is 4.39 Å². The van der Waals surface area contributed by atoms with Gasteiger partial charge >= 0.3 is 0 Å². The lowest BCUT2D eigenvalue weighted by Crippen LogP contribution is -2.50. The van der Waals surface area contributed by atoms with Gasteiger partial charge in [0.15, 0.2) is 5.69 Å². The number of piperazine rings is 1. The predicted octanol–water partition coefficient (Wildman–Crippen LogP) is 1.79. The van der Waals surface area contributed by atoms with Gasteiger partial charge in [-0.1, -0.05) is 5.16 Å². The number of nitrogens with zero attached hydrogens (tertiary/aromatic N) is 3. The van der Waals surface area contributed by atoms with Crippen LogP contribution in [-0.2, 0) is 4.79 Å². The number of nitrogens with one attached hydrogen (secondary N) is 1. The van der Waals surface area contributed by atoms with Crippen LogP contribution in [0.4, 0.5) is 4.39 Å². The van der Waals surface area contributed by atoms with E-state index in [1.54, 1.807) is 30.0 Å². The normalized spacial score (nSPS) is 14.9. The molecule has 1 aromatic carbocycles. The van der Waals surface area contributed by atoms with E-state index >= 15 is 0 Å². The van der Waals surface area contributed by atoms with Crippen molar-refractivity contribution in [1.82, 2.24) is 20.3 Å². The van der Waals surface area contributed by atoms with Crippen molar-refractivity contribution in [3.8, 4) is 0 Å². The highest BCUT2D eigenvalue weighted by molar-refractivity contribution is 8.00. The van der Waals surface area contributed by atoms with E-state index in [-0.39, 0.29) is 17.6 Å². The highest BCUT2D eigenvalue weighted by Gasteiger charge is 2.24. The van der Waals surface area contributed by atoms with E-state index < -0.39 is 0 Å². The maximum atomic E-state index is 12.9. The average molecular weight is 406 g/mol. The summed E-state index contributed by atoms with van der Waals surface area (Å²) in [4.78, 5) is 29.1. The molecule has 0 saturated carbocycles. The summed E-state index contributed by atoms with van der Waals surface area (Å²) in [5.41, 5.74) is 0.344. The number of carbonyl (C=O) groups is 2. The van der Waals surface area contributed by atoms with Crippen molar-refractivity contribution in [3.63, 3.8) is 0 Å². The van der Waals surface area contributed by atoms with Gasteiger partial charge in [-0.15, -0.1) is 11.8 Å². The Hall–Kier alpha value is -2.39. The second-order valence-electron chi connectivity index (χ2n) is 6.55. The van der Waals surface area contributed by atoms with E-state index in [1.165, 1.54) is 23.9 Å². The van der Waals surface area contributed by atoms with Gasteiger partial charge in [0.2, 0.25) is 5.91 Å². The number of thioether (sulfide) groups is 1. The molecule has 28 heavy (non-hydrogen) atoms. The quantitative estimate of drug-likeness (QED) is 0.707. The van der Waals surface area contributed by atoms with Crippen LogP contribution in [0.25, 0.3) is 0 Å². The lowest BCUT2D eigenvalue weighted by Gasteiger charge is -2.34. The Morgan fingerprint density at radius 1 is 1.21 bits per heavy atom. The molecule has 1 saturated heterocycles. The van der Waals surface area contributed by atoms with Crippen LogP contribution in [-0.4, -0.2) is 71.8 Å². The van der Waals surface area contributed by atoms with Crippen LogP contribution in [0.15, 0.2) is 39.8 Å². The zero-order chi connectivity index (χ0) is 19.9. The fourth-order valence-electron chi connectivity index (χ4n) is 2.89. The highest BCUT2D eigenvalue weighted by atomic mass is 32.2. The van der Waals surface area contributed by atoms with Gasteiger partial charge in [0.1, 0.15) is 11.6 Å². The molecule has 0 atom stereocenters. The minimum Gasteiger partial charge on any atom is -0.361 e. The molecule has 2 heterocycles. The highest BCUT2D eigenvalue weighted by Crippen LogP contribution is 2.17. The van der Waals surface area contributed by atoms with Gasteiger partial charge < -0.3 is 14.7 Å². The molecule has 9 heteroatoms. The van der Waals surface area contributed by atoms with Crippen molar-refractivity contribution < 1.29 is 18.5 Å². The van der Waals surface area contributed by atoms with Gasteiger partial charge in [0.25, 0.3) is 5.91 Å². The summed E-state index contributed by atoms with van der Waals surface area (Å²) in [5, 5.41) is 6.67. The third-order valence-electron chi connectivity index (χ3n) is 4.44. The van der Waals surface area contributed by atoms with E-state index in [9.17, 15) is 14.0 Å². The zero-order valence-corrected chi connectivity index (χ0v) is 16.5. The van der Waals surface area contributed by atoms with Crippen molar-refractivity contribution in [3.05, 3.63) is 47.6 Å². The van der Waals surface area contributed by atoms with Crippen LogP contribution < -0.4 is 5.32 Å². The number of aryl methyl sites for hydroxylation is 1. The summed E-state index contributed by atoms with van der Waals surface area (Å²) < 4.78 is 17.8. The van der Waals surface area contributed by atoms with Crippen LogP contribution in [0, 0.1) is 12.7 Å². The smallest absolute Gasteiger partial charge is 0.276 e. The summed E-state index contributed by atoms with van der Waals surface area (Å²) in [6, 6.07) is 7.74. The van der Waals surface area contributed by atoms with Crippen LogP contribution >= 0.6 is 11.8 Å². The number of benzene rings is 1. The molecule has 2 aromatic rings. The van der Waals surface area contributed by atoms with Crippen LogP contribution in [0.5, 0.6) is 0 Å². The molecule has 7 nitrogen and oxygen atoms in total. The van der Waals surface area contributed by atoms with Crippen LogP contribution in [0.2, 0.25) is 0 Å². The van der Waals surface area contributed by atoms with Gasteiger partial charge in [-0.2, -0.15) is 0 Å². The fraction of sp³-hybridized carbons (Fsp3) is 0.421. The van der Waals surface area contributed by atoms with Crippen molar-refractivity contribution in [2.24, 2.45) is 0 Å². The maximum Gasteiger partial charge on any atom is 0.276 e. The van der Waals surface area contributed by atoms with E-state index in [4.69, 9.17) is 4.52 Å². The lowest BCUT2D eigenvalue weighted by molar-refractivity contribution is -0.118.